The van der Waals surface area contributed by atoms with Crippen LogP contribution >= 0.6 is 0 Å². The van der Waals surface area contributed by atoms with E-state index in [-0.39, 0.29) is 0 Å². The van der Waals surface area contributed by atoms with Gasteiger partial charge in [0.05, 0.1) is 19.9 Å². The molecule has 25 heavy (non-hydrogen) atoms. The highest BCUT2D eigenvalue weighted by Crippen LogP contribution is 2.31. The fourth-order valence-electron chi connectivity index (χ4n) is 2.35. The molecule has 0 fully saturated rings. The van der Waals surface area contributed by atoms with Gasteiger partial charge in [0.1, 0.15) is 5.82 Å². The predicted octanol–water partition coefficient (Wildman–Crippen LogP) is 3.34. The summed E-state index contributed by atoms with van der Waals surface area (Å²) in [6, 6.07) is 11.3. The van der Waals surface area contributed by atoms with Crippen LogP contribution in [0.25, 0.3) is 11.3 Å². The average Bonchev–Trinajstić information content (AvgIpc) is 2.68. The van der Waals surface area contributed by atoms with Crippen molar-refractivity contribution in [1.29, 1.82) is 0 Å². The summed E-state index contributed by atoms with van der Waals surface area (Å²) in [7, 11) is 4.99. The number of nitrogens with zero attached hydrogens (tertiary/aromatic N) is 3. The number of anilines is 3. The van der Waals surface area contributed by atoms with Gasteiger partial charge in [-0.25, -0.2) is 4.98 Å². The van der Waals surface area contributed by atoms with E-state index in [2.05, 4.69) is 25.6 Å². The highest BCUT2D eigenvalue weighted by molar-refractivity contribution is 5.68. The van der Waals surface area contributed by atoms with E-state index in [0.717, 1.165) is 16.9 Å². The van der Waals surface area contributed by atoms with Gasteiger partial charge in [-0.1, -0.05) is 0 Å². The Morgan fingerprint density at radius 3 is 2.48 bits per heavy atom. The van der Waals surface area contributed by atoms with Gasteiger partial charge in [0.2, 0.25) is 5.95 Å². The van der Waals surface area contributed by atoms with Gasteiger partial charge in [-0.05, 0) is 24.3 Å². The molecule has 0 radical (unpaired) electrons. The van der Waals surface area contributed by atoms with Gasteiger partial charge in [-0.2, -0.15) is 4.98 Å². The maximum atomic E-state index is 5.33. The Labute approximate surface area is 146 Å². The second-order valence-electron chi connectivity index (χ2n) is 5.15. The quantitative estimate of drug-likeness (QED) is 0.714. The third kappa shape index (κ3) is 3.77. The van der Waals surface area contributed by atoms with E-state index < -0.39 is 0 Å². The predicted molar refractivity (Wildman–Crippen MR) is 97.6 cm³/mol. The summed E-state index contributed by atoms with van der Waals surface area (Å²) in [5, 5.41) is 6.24. The van der Waals surface area contributed by atoms with Crippen LogP contribution in [0.2, 0.25) is 0 Å². The molecule has 0 aliphatic heterocycles. The van der Waals surface area contributed by atoms with Crippen LogP contribution in [0.4, 0.5) is 17.5 Å². The van der Waals surface area contributed by atoms with Crippen LogP contribution in [0.1, 0.15) is 0 Å². The summed E-state index contributed by atoms with van der Waals surface area (Å²) >= 11 is 0. The number of hydrogen-bond acceptors (Lipinski definition) is 7. The Morgan fingerprint density at radius 2 is 1.80 bits per heavy atom. The van der Waals surface area contributed by atoms with Crippen molar-refractivity contribution in [2.24, 2.45) is 0 Å². The van der Waals surface area contributed by atoms with E-state index in [1.54, 1.807) is 33.7 Å². The van der Waals surface area contributed by atoms with E-state index in [9.17, 15) is 0 Å². The first-order valence-corrected chi connectivity index (χ1v) is 7.69. The Bertz CT molecular complexity index is 855. The molecule has 1 aromatic carbocycles. The molecule has 3 rings (SSSR count). The minimum Gasteiger partial charge on any atom is -0.493 e. The largest absolute Gasteiger partial charge is 0.493 e. The SMILES string of the molecule is CNc1nc(Nc2ccc(OC)c(OC)c2)cc(-c2cccnc2)n1. The smallest absolute Gasteiger partial charge is 0.224 e. The molecule has 0 saturated heterocycles. The van der Waals surface area contributed by atoms with E-state index in [4.69, 9.17) is 9.47 Å². The number of aromatic nitrogens is 3. The van der Waals surface area contributed by atoms with Crippen LogP contribution in [0, 0.1) is 0 Å². The van der Waals surface area contributed by atoms with Gasteiger partial charge in [-0.15, -0.1) is 0 Å². The number of methoxy groups -OCH3 is 2. The molecule has 0 bridgehead atoms. The second-order valence-corrected chi connectivity index (χ2v) is 5.15. The van der Waals surface area contributed by atoms with Crippen molar-refractivity contribution in [2.75, 3.05) is 31.9 Å². The van der Waals surface area contributed by atoms with E-state index in [1.165, 1.54) is 0 Å². The van der Waals surface area contributed by atoms with Gasteiger partial charge in [0.25, 0.3) is 0 Å². The second kappa shape index (κ2) is 7.48. The topological polar surface area (TPSA) is 81.2 Å². The molecular formula is C18H19N5O2. The molecule has 2 N–H and O–H groups in total. The van der Waals surface area contributed by atoms with Crippen molar-refractivity contribution < 1.29 is 9.47 Å². The van der Waals surface area contributed by atoms with Crippen molar-refractivity contribution in [3.05, 3.63) is 48.8 Å². The fraction of sp³-hybridized carbons (Fsp3) is 0.167. The zero-order valence-corrected chi connectivity index (χ0v) is 14.3. The summed E-state index contributed by atoms with van der Waals surface area (Å²) in [5.41, 5.74) is 2.52. The van der Waals surface area contributed by atoms with Gasteiger partial charge in [-0.3, -0.25) is 4.98 Å². The summed E-state index contributed by atoms with van der Waals surface area (Å²) in [6.07, 6.45) is 3.49. The van der Waals surface area contributed by atoms with Gasteiger partial charge in [0.15, 0.2) is 11.5 Å². The molecule has 0 spiro atoms. The van der Waals surface area contributed by atoms with E-state index in [1.807, 2.05) is 36.4 Å². The molecule has 128 valence electrons. The molecule has 0 unspecified atom stereocenters. The van der Waals surface area contributed by atoms with Gasteiger partial charge < -0.3 is 20.1 Å². The molecule has 3 aromatic rings. The molecular weight excluding hydrogens is 318 g/mol. The van der Waals surface area contributed by atoms with Crippen molar-refractivity contribution in [3.63, 3.8) is 0 Å². The molecule has 2 heterocycles. The van der Waals surface area contributed by atoms with Gasteiger partial charge >= 0.3 is 0 Å². The van der Waals surface area contributed by atoms with Crippen LogP contribution in [0.5, 0.6) is 11.5 Å². The molecule has 0 amide bonds. The summed E-state index contributed by atoms with van der Waals surface area (Å²) < 4.78 is 10.6. The molecule has 7 nitrogen and oxygen atoms in total. The Kier molecular flexibility index (Phi) is 4.94. The van der Waals surface area contributed by atoms with Crippen molar-refractivity contribution >= 4 is 17.5 Å². The normalized spacial score (nSPS) is 10.2. The zero-order valence-electron chi connectivity index (χ0n) is 14.3. The summed E-state index contributed by atoms with van der Waals surface area (Å²) in [6.45, 7) is 0. The number of nitrogens with one attached hydrogen (secondary N) is 2. The Balaban J connectivity index is 1.95. The first-order valence-electron chi connectivity index (χ1n) is 7.69. The number of hydrogen-bond donors (Lipinski definition) is 2. The van der Waals surface area contributed by atoms with Gasteiger partial charge in [0, 0.05) is 42.8 Å². The molecule has 0 aliphatic rings. The third-order valence-corrected chi connectivity index (χ3v) is 3.56. The molecule has 0 atom stereocenters. The highest BCUT2D eigenvalue weighted by atomic mass is 16.5. The van der Waals surface area contributed by atoms with Crippen LogP contribution in [-0.2, 0) is 0 Å². The molecule has 2 aromatic heterocycles. The lowest BCUT2D eigenvalue weighted by Gasteiger charge is -2.12. The number of benzene rings is 1. The highest BCUT2D eigenvalue weighted by Gasteiger charge is 2.09. The lowest BCUT2D eigenvalue weighted by molar-refractivity contribution is 0.355. The van der Waals surface area contributed by atoms with Crippen LogP contribution in [-0.4, -0.2) is 36.2 Å². The first kappa shape index (κ1) is 16.5. The minimum absolute atomic E-state index is 0.518. The monoisotopic (exact) mass is 337 g/mol. The fourth-order valence-corrected chi connectivity index (χ4v) is 2.35. The maximum Gasteiger partial charge on any atom is 0.224 e. The minimum atomic E-state index is 0.518. The van der Waals surface area contributed by atoms with Crippen molar-refractivity contribution in [1.82, 2.24) is 15.0 Å². The molecule has 0 saturated carbocycles. The summed E-state index contributed by atoms with van der Waals surface area (Å²) in [4.78, 5) is 13.1. The Hall–Kier alpha value is -3.35. The maximum absolute atomic E-state index is 5.33. The summed E-state index contributed by atoms with van der Waals surface area (Å²) in [5.74, 6) is 2.49. The number of ether oxygens (including phenoxy) is 2. The number of pyridine rings is 1. The Morgan fingerprint density at radius 1 is 0.960 bits per heavy atom. The van der Waals surface area contributed by atoms with Crippen molar-refractivity contribution in [3.8, 4) is 22.8 Å². The lowest BCUT2D eigenvalue weighted by Crippen LogP contribution is -2.02. The number of rotatable bonds is 6. The van der Waals surface area contributed by atoms with Crippen LogP contribution in [0.3, 0.4) is 0 Å². The average molecular weight is 337 g/mol. The zero-order chi connectivity index (χ0) is 17.6. The van der Waals surface area contributed by atoms with Crippen LogP contribution < -0.4 is 20.1 Å². The van der Waals surface area contributed by atoms with E-state index in [0.29, 0.717) is 23.3 Å². The van der Waals surface area contributed by atoms with E-state index >= 15 is 0 Å². The first-order chi connectivity index (χ1) is 12.2. The third-order valence-electron chi connectivity index (χ3n) is 3.56. The molecule has 0 aliphatic carbocycles. The standard InChI is InChI=1S/C18H19N5O2/c1-19-18-22-14(12-5-4-8-20-11-12)10-17(23-18)21-13-6-7-15(24-2)16(9-13)25-3/h4-11H,1-3H3,(H2,19,21,22,23). The molecule has 7 heteroatoms. The lowest BCUT2D eigenvalue weighted by atomic mass is 10.2. The van der Waals surface area contributed by atoms with Crippen molar-refractivity contribution in [2.45, 2.75) is 0 Å². The van der Waals surface area contributed by atoms with Crippen LogP contribution in [0.15, 0.2) is 48.8 Å².